The number of carbonyl (C=O) groups excluding carboxylic acids is 2. The van der Waals surface area contributed by atoms with E-state index in [-0.39, 0.29) is 23.3 Å². The molecule has 33 heavy (non-hydrogen) atoms. The Bertz CT molecular complexity index is 990. The lowest BCUT2D eigenvalue weighted by Crippen LogP contribution is -2.48. The molecule has 2 aromatic rings. The second kappa shape index (κ2) is 9.29. The number of rotatable bonds is 7. The number of benzene rings is 1. The Morgan fingerprint density at radius 2 is 2.06 bits per heavy atom. The van der Waals surface area contributed by atoms with Gasteiger partial charge in [0.2, 0.25) is 5.91 Å². The molecule has 2 saturated heterocycles. The van der Waals surface area contributed by atoms with E-state index >= 15 is 0 Å². The summed E-state index contributed by atoms with van der Waals surface area (Å²) < 4.78 is 0. The number of amides is 2. The highest BCUT2D eigenvalue weighted by Gasteiger charge is 2.51. The first-order valence-electron chi connectivity index (χ1n) is 12.5. The predicted octanol–water partition coefficient (Wildman–Crippen LogP) is 3.00. The molecule has 7 heteroatoms. The Labute approximate surface area is 195 Å². The molecular weight excluding hydrogens is 414 g/mol. The standard InChI is InChI=1S/C26H35N5O2/c1-2-21-14-22(29-28-21)25(33)31-16-20-10-6-12-26(20,18-31)17-27-24(32)23-11-7-13-30(23)15-19-8-4-3-5-9-19/h3-5,8-9,14,20,23H,2,6-7,10-13,15-18H2,1H3,(H,27,32)(H,28,29)/t20-,23+,26-/m0/s1. The Hall–Kier alpha value is -2.67. The monoisotopic (exact) mass is 449 g/mol. The van der Waals surface area contributed by atoms with Gasteiger partial charge in [-0.05, 0) is 56.2 Å². The predicted molar refractivity (Wildman–Crippen MR) is 127 cm³/mol. The van der Waals surface area contributed by atoms with E-state index < -0.39 is 0 Å². The second-order valence-electron chi connectivity index (χ2n) is 10.1. The summed E-state index contributed by atoms with van der Waals surface area (Å²) in [5, 5.41) is 10.5. The van der Waals surface area contributed by atoms with Gasteiger partial charge < -0.3 is 10.2 Å². The highest BCUT2D eigenvalue weighted by atomic mass is 16.2. The summed E-state index contributed by atoms with van der Waals surface area (Å²) in [6.07, 6.45) is 6.18. The average molecular weight is 450 g/mol. The van der Waals surface area contributed by atoms with Crippen molar-refractivity contribution >= 4 is 11.8 Å². The molecule has 3 atom stereocenters. The summed E-state index contributed by atoms with van der Waals surface area (Å²) in [7, 11) is 0. The lowest BCUT2D eigenvalue weighted by Gasteiger charge is -2.31. The molecule has 1 aromatic carbocycles. The zero-order chi connectivity index (χ0) is 22.8. The van der Waals surface area contributed by atoms with E-state index in [1.807, 2.05) is 24.0 Å². The molecule has 2 amide bonds. The van der Waals surface area contributed by atoms with E-state index in [1.165, 1.54) is 12.0 Å². The number of aryl methyl sites for hydroxylation is 1. The molecule has 3 heterocycles. The van der Waals surface area contributed by atoms with Crippen molar-refractivity contribution in [1.82, 2.24) is 25.3 Å². The number of hydrogen-bond donors (Lipinski definition) is 2. The maximum atomic E-state index is 13.2. The van der Waals surface area contributed by atoms with Crippen LogP contribution in [-0.4, -0.2) is 64.0 Å². The van der Waals surface area contributed by atoms with Crippen LogP contribution >= 0.6 is 0 Å². The van der Waals surface area contributed by atoms with Crippen molar-refractivity contribution < 1.29 is 9.59 Å². The van der Waals surface area contributed by atoms with Crippen LogP contribution in [0.4, 0.5) is 0 Å². The van der Waals surface area contributed by atoms with E-state index in [2.05, 4.69) is 44.7 Å². The van der Waals surface area contributed by atoms with Crippen LogP contribution in [-0.2, 0) is 17.8 Å². The van der Waals surface area contributed by atoms with E-state index in [0.29, 0.717) is 24.7 Å². The number of carbonyl (C=O) groups is 2. The molecule has 1 aromatic heterocycles. The summed E-state index contributed by atoms with van der Waals surface area (Å²) in [4.78, 5) is 30.5. The number of nitrogens with zero attached hydrogens (tertiary/aromatic N) is 3. The van der Waals surface area contributed by atoms with Crippen LogP contribution in [0.2, 0.25) is 0 Å². The van der Waals surface area contributed by atoms with Gasteiger partial charge in [-0.3, -0.25) is 19.6 Å². The van der Waals surface area contributed by atoms with Gasteiger partial charge in [-0.15, -0.1) is 0 Å². The van der Waals surface area contributed by atoms with Crippen molar-refractivity contribution in [1.29, 1.82) is 0 Å². The maximum Gasteiger partial charge on any atom is 0.274 e. The number of aromatic nitrogens is 2. The fraction of sp³-hybridized carbons (Fsp3) is 0.577. The molecule has 7 nitrogen and oxygen atoms in total. The Kier molecular flexibility index (Phi) is 6.23. The maximum absolute atomic E-state index is 13.2. The molecule has 3 fully saturated rings. The zero-order valence-corrected chi connectivity index (χ0v) is 19.6. The number of hydrogen-bond acceptors (Lipinski definition) is 4. The Balaban J connectivity index is 1.21. The SMILES string of the molecule is CCc1cc(C(=O)N2C[C@@H]3CCC[C@]3(CNC(=O)[C@H]3CCCN3Cc3ccccc3)C2)n[nH]1. The molecule has 5 rings (SSSR count). The molecule has 1 aliphatic carbocycles. The largest absolute Gasteiger partial charge is 0.354 e. The van der Waals surface area contributed by atoms with Crippen LogP contribution in [0.3, 0.4) is 0 Å². The molecule has 2 aliphatic heterocycles. The highest BCUT2D eigenvalue weighted by molar-refractivity contribution is 5.92. The van der Waals surface area contributed by atoms with Crippen LogP contribution in [0.25, 0.3) is 0 Å². The minimum Gasteiger partial charge on any atom is -0.354 e. The Morgan fingerprint density at radius 1 is 1.21 bits per heavy atom. The van der Waals surface area contributed by atoms with Crippen LogP contribution in [0.1, 0.15) is 60.8 Å². The summed E-state index contributed by atoms with van der Waals surface area (Å²) in [6, 6.07) is 12.2. The topological polar surface area (TPSA) is 81.3 Å². The van der Waals surface area contributed by atoms with Gasteiger partial charge in [0.05, 0.1) is 6.04 Å². The van der Waals surface area contributed by atoms with Crippen molar-refractivity contribution in [2.45, 2.75) is 58.0 Å². The summed E-state index contributed by atoms with van der Waals surface area (Å²) in [6.45, 7) is 5.97. The van der Waals surface area contributed by atoms with Gasteiger partial charge in [0.1, 0.15) is 5.69 Å². The fourth-order valence-electron chi connectivity index (χ4n) is 6.18. The third-order valence-electron chi connectivity index (χ3n) is 8.07. The van der Waals surface area contributed by atoms with Gasteiger partial charge in [-0.25, -0.2) is 0 Å². The number of nitrogens with one attached hydrogen (secondary N) is 2. The van der Waals surface area contributed by atoms with Gasteiger partial charge in [0.25, 0.3) is 5.91 Å². The van der Waals surface area contributed by atoms with Crippen molar-refractivity contribution in [2.24, 2.45) is 11.3 Å². The van der Waals surface area contributed by atoms with E-state index in [9.17, 15) is 9.59 Å². The third kappa shape index (κ3) is 4.43. The number of aromatic amines is 1. The van der Waals surface area contributed by atoms with Crippen molar-refractivity contribution in [3.63, 3.8) is 0 Å². The summed E-state index contributed by atoms with van der Waals surface area (Å²) in [5.74, 6) is 0.610. The molecule has 176 valence electrons. The van der Waals surface area contributed by atoms with Gasteiger partial charge in [0, 0.05) is 37.3 Å². The van der Waals surface area contributed by atoms with Crippen LogP contribution in [0, 0.1) is 11.3 Å². The molecule has 2 N–H and O–H groups in total. The molecule has 3 aliphatic rings. The van der Waals surface area contributed by atoms with Crippen molar-refractivity contribution in [3.05, 3.63) is 53.3 Å². The number of fused-ring (bicyclic) bond motifs is 1. The van der Waals surface area contributed by atoms with E-state index in [4.69, 9.17) is 0 Å². The van der Waals surface area contributed by atoms with Crippen LogP contribution < -0.4 is 5.32 Å². The zero-order valence-electron chi connectivity index (χ0n) is 19.6. The van der Waals surface area contributed by atoms with E-state index in [1.54, 1.807) is 0 Å². The normalized spacial score (nSPS) is 27.1. The molecule has 0 unspecified atom stereocenters. The number of likely N-dealkylation sites (tertiary alicyclic amines) is 2. The first kappa shape index (κ1) is 22.1. The summed E-state index contributed by atoms with van der Waals surface area (Å²) in [5.41, 5.74) is 2.74. The smallest absolute Gasteiger partial charge is 0.274 e. The van der Waals surface area contributed by atoms with E-state index in [0.717, 1.165) is 57.4 Å². The lowest BCUT2D eigenvalue weighted by molar-refractivity contribution is -0.126. The first-order valence-corrected chi connectivity index (χ1v) is 12.5. The van der Waals surface area contributed by atoms with Gasteiger partial charge in [-0.2, -0.15) is 5.10 Å². The van der Waals surface area contributed by atoms with Crippen LogP contribution in [0.5, 0.6) is 0 Å². The fourth-order valence-corrected chi connectivity index (χ4v) is 6.18. The molecule has 0 radical (unpaired) electrons. The third-order valence-corrected chi connectivity index (χ3v) is 8.07. The quantitative estimate of drug-likeness (QED) is 0.681. The van der Waals surface area contributed by atoms with Gasteiger partial charge in [0.15, 0.2) is 0 Å². The van der Waals surface area contributed by atoms with Crippen LogP contribution in [0.15, 0.2) is 36.4 Å². The Morgan fingerprint density at radius 3 is 2.85 bits per heavy atom. The summed E-state index contributed by atoms with van der Waals surface area (Å²) >= 11 is 0. The van der Waals surface area contributed by atoms with Gasteiger partial charge in [-0.1, -0.05) is 43.7 Å². The van der Waals surface area contributed by atoms with Gasteiger partial charge >= 0.3 is 0 Å². The minimum absolute atomic E-state index is 0.00191. The van der Waals surface area contributed by atoms with Crippen molar-refractivity contribution in [3.8, 4) is 0 Å². The number of H-pyrrole nitrogens is 1. The average Bonchev–Trinajstić information content (AvgIpc) is 3.61. The molecule has 0 bridgehead atoms. The second-order valence-corrected chi connectivity index (χ2v) is 10.1. The van der Waals surface area contributed by atoms with Crippen molar-refractivity contribution in [2.75, 3.05) is 26.2 Å². The minimum atomic E-state index is -0.0582. The first-order chi connectivity index (χ1) is 16.1. The molecule has 1 saturated carbocycles. The molecule has 0 spiro atoms. The molecular formula is C26H35N5O2. The highest BCUT2D eigenvalue weighted by Crippen LogP contribution is 2.48. The lowest BCUT2D eigenvalue weighted by atomic mass is 9.80.